The summed E-state index contributed by atoms with van der Waals surface area (Å²) in [5.74, 6) is 1.70. The molecule has 0 amide bonds. The lowest BCUT2D eigenvalue weighted by Crippen LogP contribution is -2.26. The van der Waals surface area contributed by atoms with Crippen LogP contribution in [0.1, 0.15) is 136 Å². The van der Waals surface area contributed by atoms with Crippen molar-refractivity contribution in [2.45, 2.75) is 136 Å². The normalized spacial score (nSPS) is 22.7. The molecule has 1 saturated carbocycles. The minimum Gasteiger partial charge on any atom is -0.0848 e. The Kier molecular flexibility index (Phi) is 11.8. The minimum absolute atomic E-state index is 0.587. The Balaban J connectivity index is 1.59. The van der Waals surface area contributed by atoms with E-state index in [0.29, 0.717) is 5.41 Å². The first kappa shape index (κ1) is 23.0. The molecule has 2 aliphatic carbocycles. The molecule has 1 fully saturated rings. The molecule has 0 aromatic carbocycles. The highest BCUT2D eigenvalue weighted by molar-refractivity contribution is 5.23. The largest absolute Gasteiger partial charge is 0.0848 e. The van der Waals surface area contributed by atoms with Crippen LogP contribution in [-0.2, 0) is 0 Å². The van der Waals surface area contributed by atoms with Gasteiger partial charge in [0.2, 0.25) is 0 Å². The van der Waals surface area contributed by atoms with Gasteiger partial charge < -0.3 is 0 Å². The minimum atomic E-state index is 0.587. The zero-order chi connectivity index (χ0) is 19.2. The Labute approximate surface area is 172 Å². The van der Waals surface area contributed by atoms with Crippen molar-refractivity contribution in [1.82, 2.24) is 0 Å². The fraction of sp³-hybridized carbons (Fsp3) is 0.889. The van der Waals surface area contributed by atoms with Crippen molar-refractivity contribution >= 4 is 0 Å². The maximum Gasteiger partial charge on any atom is -0.0168 e. The van der Waals surface area contributed by atoms with Gasteiger partial charge in [-0.3, -0.25) is 0 Å². The molecule has 2 aliphatic rings. The Morgan fingerprint density at radius 1 is 0.593 bits per heavy atom. The highest BCUT2D eigenvalue weighted by Crippen LogP contribution is 2.56. The molecule has 157 valence electrons. The second-order valence-corrected chi connectivity index (χ2v) is 9.74. The van der Waals surface area contributed by atoms with Crippen LogP contribution in [0, 0.1) is 23.7 Å². The molecule has 0 heteroatoms. The van der Waals surface area contributed by atoms with E-state index >= 15 is 0 Å². The summed E-state index contributed by atoms with van der Waals surface area (Å²) in [6, 6.07) is 0. The molecule has 27 heavy (non-hydrogen) atoms. The van der Waals surface area contributed by atoms with Gasteiger partial charge in [-0.2, -0.15) is 0 Å². The summed E-state index contributed by atoms with van der Waals surface area (Å²) in [6.07, 6.45) is 35.5. The Hall–Kier alpha value is -0.260. The van der Waals surface area contributed by atoms with Gasteiger partial charge in [0.25, 0.3) is 0 Å². The third kappa shape index (κ3) is 8.33. The first-order chi connectivity index (χ1) is 13.3. The van der Waals surface area contributed by atoms with Crippen molar-refractivity contribution in [3.63, 3.8) is 0 Å². The zero-order valence-corrected chi connectivity index (χ0v) is 18.8. The van der Waals surface area contributed by atoms with E-state index in [4.69, 9.17) is 0 Å². The van der Waals surface area contributed by atoms with Gasteiger partial charge in [-0.05, 0) is 42.9 Å². The third-order valence-electron chi connectivity index (χ3n) is 7.39. The average molecular weight is 374 g/mol. The number of unbranched alkanes of at least 4 members (excludes halogenated alkanes) is 14. The molecular weight excluding hydrogens is 324 g/mol. The zero-order valence-electron chi connectivity index (χ0n) is 18.8. The fourth-order valence-electron chi connectivity index (χ4n) is 5.67. The molecule has 0 aromatic heterocycles. The third-order valence-corrected chi connectivity index (χ3v) is 7.39. The molecule has 0 heterocycles. The molecule has 2 atom stereocenters. The number of allylic oxidation sites excluding steroid dienone is 2. The predicted octanol–water partition coefficient (Wildman–Crippen LogP) is 9.44. The molecule has 0 aromatic rings. The van der Waals surface area contributed by atoms with Crippen LogP contribution in [-0.4, -0.2) is 0 Å². The van der Waals surface area contributed by atoms with Crippen LogP contribution in [0.2, 0.25) is 0 Å². The first-order valence-electron chi connectivity index (χ1n) is 12.8. The summed E-state index contributed by atoms with van der Waals surface area (Å²) in [7, 11) is 0. The van der Waals surface area contributed by atoms with Crippen molar-refractivity contribution in [2.75, 3.05) is 0 Å². The molecule has 0 saturated heterocycles. The van der Waals surface area contributed by atoms with Gasteiger partial charge >= 0.3 is 0 Å². The van der Waals surface area contributed by atoms with E-state index in [1.165, 1.54) is 122 Å². The summed E-state index contributed by atoms with van der Waals surface area (Å²) in [4.78, 5) is 0. The molecule has 2 bridgehead atoms. The molecule has 0 nitrogen and oxygen atoms in total. The highest BCUT2D eigenvalue weighted by Gasteiger charge is 2.47. The van der Waals surface area contributed by atoms with E-state index in [9.17, 15) is 0 Å². The maximum absolute atomic E-state index is 2.79. The second-order valence-electron chi connectivity index (χ2n) is 9.74. The standard InChI is InChI=1S/C27H49/c1-3-5-7-9-11-13-15-17-21-27(24-25-19-20-26(27)23-25)22-18-16-14-12-10-8-6-4-2/h19-20,24-26H,3-18,21-23H2,1-2H3. The van der Waals surface area contributed by atoms with Crippen molar-refractivity contribution in [2.24, 2.45) is 17.3 Å². The Morgan fingerprint density at radius 2 is 1.04 bits per heavy atom. The lowest BCUT2D eigenvalue weighted by molar-refractivity contribution is 0.224. The van der Waals surface area contributed by atoms with Gasteiger partial charge in [0, 0.05) is 0 Å². The van der Waals surface area contributed by atoms with Crippen molar-refractivity contribution in [3.8, 4) is 0 Å². The summed E-state index contributed by atoms with van der Waals surface area (Å²) < 4.78 is 0. The molecule has 1 radical (unpaired) electrons. The van der Waals surface area contributed by atoms with E-state index in [-0.39, 0.29) is 0 Å². The van der Waals surface area contributed by atoms with Gasteiger partial charge in [0.1, 0.15) is 0 Å². The topological polar surface area (TPSA) is 0 Å². The van der Waals surface area contributed by atoms with E-state index in [1.54, 1.807) is 0 Å². The fourth-order valence-corrected chi connectivity index (χ4v) is 5.67. The summed E-state index contributed by atoms with van der Waals surface area (Å²) in [5.41, 5.74) is 0.587. The van der Waals surface area contributed by atoms with E-state index in [0.717, 1.165) is 11.8 Å². The predicted molar refractivity (Wildman–Crippen MR) is 122 cm³/mol. The second kappa shape index (κ2) is 13.8. The number of rotatable bonds is 18. The first-order valence-corrected chi connectivity index (χ1v) is 12.8. The van der Waals surface area contributed by atoms with E-state index < -0.39 is 0 Å². The van der Waals surface area contributed by atoms with Gasteiger partial charge in [0.05, 0.1) is 0 Å². The molecule has 2 unspecified atom stereocenters. The molecule has 0 N–H and O–H groups in total. The van der Waals surface area contributed by atoms with Crippen LogP contribution in [0.4, 0.5) is 0 Å². The summed E-state index contributed by atoms with van der Waals surface area (Å²) in [6.45, 7) is 4.62. The van der Waals surface area contributed by atoms with Crippen LogP contribution in [0.3, 0.4) is 0 Å². The van der Waals surface area contributed by atoms with Crippen LogP contribution in [0.15, 0.2) is 12.2 Å². The van der Waals surface area contributed by atoms with Crippen molar-refractivity contribution in [3.05, 3.63) is 18.6 Å². The monoisotopic (exact) mass is 373 g/mol. The Bertz CT molecular complexity index is 359. The smallest absolute Gasteiger partial charge is 0.0168 e. The average Bonchev–Trinajstić information content (AvgIpc) is 3.28. The highest BCUT2D eigenvalue weighted by atomic mass is 14.5. The van der Waals surface area contributed by atoms with E-state index in [2.05, 4.69) is 32.4 Å². The lowest BCUT2D eigenvalue weighted by atomic mass is 9.69. The maximum atomic E-state index is 2.79. The van der Waals surface area contributed by atoms with E-state index in [1.807, 2.05) is 0 Å². The van der Waals surface area contributed by atoms with Crippen LogP contribution in [0.5, 0.6) is 0 Å². The number of hydrogen-bond acceptors (Lipinski definition) is 0. The molecule has 2 rings (SSSR count). The molecule has 0 aliphatic heterocycles. The summed E-state index contributed by atoms with van der Waals surface area (Å²) in [5, 5.41) is 0. The van der Waals surface area contributed by atoms with Gasteiger partial charge in [0.15, 0.2) is 0 Å². The molecular formula is C27H49. The lowest BCUT2D eigenvalue weighted by Gasteiger charge is -2.36. The number of fused-ring (bicyclic) bond motifs is 2. The van der Waals surface area contributed by atoms with Crippen molar-refractivity contribution < 1.29 is 0 Å². The van der Waals surface area contributed by atoms with Gasteiger partial charge in [-0.1, -0.05) is 129 Å². The van der Waals surface area contributed by atoms with Gasteiger partial charge in [-0.15, -0.1) is 0 Å². The van der Waals surface area contributed by atoms with Crippen LogP contribution >= 0.6 is 0 Å². The Morgan fingerprint density at radius 3 is 1.41 bits per heavy atom. The quantitative estimate of drug-likeness (QED) is 0.166. The summed E-state index contributed by atoms with van der Waals surface area (Å²) >= 11 is 0. The van der Waals surface area contributed by atoms with Crippen LogP contribution in [0.25, 0.3) is 0 Å². The molecule has 0 spiro atoms. The van der Waals surface area contributed by atoms with Crippen LogP contribution < -0.4 is 0 Å². The van der Waals surface area contributed by atoms with Crippen molar-refractivity contribution in [1.29, 1.82) is 0 Å². The SMILES string of the molecule is CCCCCCCCCCC1(CCCCCCCCCC)[CH]C2C=CC1C2. The van der Waals surface area contributed by atoms with Gasteiger partial charge in [-0.25, -0.2) is 0 Å². The number of hydrogen-bond donors (Lipinski definition) is 0.